The highest BCUT2D eigenvalue weighted by atomic mass is 19.1. The van der Waals surface area contributed by atoms with Gasteiger partial charge in [-0.05, 0) is 61.7 Å². The van der Waals surface area contributed by atoms with Crippen molar-refractivity contribution >= 4 is 5.69 Å². The van der Waals surface area contributed by atoms with Crippen LogP contribution in [0.3, 0.4) is 0 Å². The molecule has 1 aliphatic heterocycles. The Balaban J connectivity index is 1.46. The first-order valence-corrected chi connectivity index (χ1v) is 9.03. The second-order valence-electron chi connectivity index (χ2n) is 6.74. The first-order chi connectivity index (χ1) is 12.2. The van der Waals surface area contributed by atoms with Crippen LogP contribution in [0.4, 0.5) is 10.1 Å². The van der Waals surface area contributed by atoms with E-state index in [1.165, 1.54) is 5.56 Å². The molecule has 134 valence electrons. The van der Waals surface area contributed by atoms with Crippen molar-refractivity contribution in [1.29, 1.82) is 0 Å². The van der Waals surface area contributed by atoms with Crippen molar-refractivity contribution in [2.45, 2.75) is 25.8 Å². The van der Waals surface area contributed by atoms with Gasteiger partial charge in [-0.1, -0.05) is 12.1 Å². The van der Waals surface area contributed by atoms with E-state index in [0.29, 0.717) is 6.04 Å². The third kappa shape index (κ3) is 4.73. The van der Waals surface area contributed by atoms with Gasteiger partial charge >= 0.3 is 0 Å². The Hall–Kier alpha value is -2.07. The monoisotopic (exact) mass is 342 g/mol. The van der Waals surface area contributed by atoms with Crippen LogP contribution in [0.2, 0.25) is 0 Å². The third-order valence-electron chi connectivity index (χ3n) is 5.14. The third-order valence-corrected chi connectivity index (χ3v) is 5.14. The number of aryl methyl sites for hydroxylation is 1. The number of rotatable bonds is 6. The number of anilines is 1. The molecule has 0 amide bonds. The Morgan fingerprint density at radius 3 is 2.20 bits per heavy atom. The molecule has 1 aliphatic rings. The van der Waals surface area contributed by atoms with Gasteiger partial charge in [0.1, 0.15) is 11.6 Å². The summed E-state index contributed by atoms with van der Waals surface area (Å²) >= 11 is 0. The smallest absolute Gasteiger partial charge is 0.123 e. The summed E-state index contributed by atoms with van der Waals surface area (Å²) in [6.07, 6.45) is 2.24. The number of methoxy groups -OCH3 is 1. The first-order valence-electron chi connectivity index (χ1n) is 9.03. The highest BCUT2D eigenvalue weighted by molar-refractivity contribution is 5.46. The molecule has 2 aromatic rings. The number of hydrogen-bond donors (Lipinski definition) is 0. The topological polar surface area (TPSA) is 15.7 Å². The maximum atomic E-state index is 13.1. The van der Waals surface area contributed by atoms with Crippen molar-refractivity contribution in [1.82, 2.24) is 4.90 Å². The summed E-state index contributed by atoms with van der Waals surface area (Å²) in [6.45, 7) is 6.43. The standard InChI is InChI=1S/C21H27FN2O/c1-17(3-4-18-5-11-21(25-2)12-6-18)23-13-15-24(16-14-23)20-9-7-19(22)8-10-20/h5-12,17H,3-4,13-16H2,1-2H3/t17-/m1/s1. The highest BCUT2D eigenvalue weighted by Gasteiger charge is 2.21. The molecular formula is C21H27FN2O. The van der Waals surface area contributed by atoms with Gasteiger partial charge in [0.05, 0.1) is 7.11 Å². The minimum atomic E-state index is -0.172. The van der Waals surface area contributed by atoms with E-state index in [2.05, 4.69) is 28.9 Å². The molecule has 0 spiro atoms. The van der Waals surface area contributed by atoms with Gasteiger partial charge in [0, 0.05) is 37.9 Å². The van der Waals surface area contributed by atoms with E-state index < -0.39 is 0 Å². The molecule has 1 saturated heterocycles. The van der Waals surface area contributed by atoms with Crippen LogP contribution in [0.5, 0.6) is 5.75 Å². The molecule has 0 saturated carbocycles. The summed E-state index contributed by atoms with van der Waals surface area (Å²) in [4.78, 5) is 4.90. The molecule has 0 N–H and O–H groups in total. The van der Waals surface area contributed by atoms with E-state index in [1.807, 2.05) is 24.3 Å². The van der Waals surface area contributed by atoms with Crippen LogP contribution in [-0.4, -0.2) is 44.2 Å². The van der Waals surface area contributed by atoms with Gasteiger partial charge < -0.3 is 9.64 Å². The number of benzene rings is 2. The Labute approximate surface area is 150 Å². The summed E-state index contributed by atoms with van der Waals surface area (Å²) in [5.41, 5.74) is 2.48. The summed E-state index contributed by atoms with van der Waals surface area (Å²) in [5, 5.41) is 0. The van der Waals surface area contributed by atoms with Crippen LogP contribution in [0.25, 0.3) is 0 Å². The lowest BCUT2D eigenvalue weighted by Crippen LogP contribution is -2.49. The van der Waals surface area contributed by atoms with Crippen LogP contribution in [0.1, 0.15) is 18.9 Å². The summed E-state index contributed by atoms with van der Waals surface area (Å²) in [5.74, 6) is 0.739. The molecule has 1 atom stereocenters. The molecule has 1 heterocycles. The van der Waals surface area contributed by atoms with Gasteiger partial charge in [0.15, 0.2) is 0 Å². The fraction of sp³-hybridized carbons (Fsp3) is 0.429. The van der Waals surface area contributed by atoms with Gasteiger partial charge in [-0.3, -0.25) is 4.90 Å². The second kappa shape index (κ2) is 8.34. The van der Waals surface area contributed by atoms with E-state index >= 15 is 0 Å². The normalized spacial score (nSPS) is 16.7. The maximum absolute atomic E-state index is 13.1. The minimum absolute atomic E-state index is 0.172. The summed E-state index contributed by atoms with van der Waals surface area (Å²) < 4.78 is 18.3. The van der Waals surface area contributed by atoms with Crippen molar-refractivity contribution in [2.75, 3.05) is 38.2 Å². The molecule has 0 radical (unpaired) electrons. The molecule has 2 aromatic carbocycles. The van der Waals surface area contributed by atoms with Gasteiger partial charge in [-0.25, -0.2) is 4.39 Å². The average molecular weight is 342 g/mol. The molecule has 0 unspecified atom stereocenters. The quantitative estimate of drug-likeness (QED) is 0.790. The van der Waals surface area contributed by atoms with Gasteiger partial charge in [0.25, 0.3) is 0 Å². The molecule has 1 fully saturated rings. The first kappa shape index (κ1) is 17.7. The molecular weight excluding hydrogens is 315 g/mol. The Bertz CT molecular complexity index is 649. The van der Waals surface area contributed by atoms with Gasteiger partial charge in [0.2, 0.25) is 0 Å². The number of nitrogens with zero attached hydrogens (tertiary/aromatic N) is 2. The van der Waals surface area contributed by atoms with Gasteiger partial charge in [-0.2, -0.15) is 0 Å². The van der Waals surface area contributed by atoms with E-state index in [1.54, 1.807) is 19.2 Å². The zero-order chi connectivity index (χ0) is 17.6. The highest BCUT2D eigenvalue weighted by Crippen LogP contribution is 2.19. The van der Waals surface area contributed by atoms with E-state index in [4.69, 9.17) is 4.74 Å². The number of ether oxygens (including phenoxy) is 1. The van der Waals surface area contributed by atoms with E-state index in [9.17, 15) is 4.39 Å². The second-order valence-corrected chi connectivity index (χ2v) is 6.74. The summed E-state index contributed by atoms with van der Waals surface area (Å²) in [7, 11) is 1.70. The fourth-order valence-electron chi connectivity index (χ4n) is 3.42. The maximum Gasteiger partial charge on any atom is 0.123 e. The lowest BCUT2D eigenvalue weighted by molar-refractivity contribution is 0.189. The SMILES string of the molecule is COc1ccc(CC[C@@H](C)N2CCN(c3ccc(F)cc3)CC2)cc1. The lowest BCUT2D eigenvalue weighted by atomic mass is 10.0. The Morgan fingerprint density at radius 2 is 1.60 bits per heavy atom. The number of halogens is 1. The van der Waals surface area contributed by atoms with Crippen LogP contribution in [0, 0.1) is 5.82 Å². The zero-order valence-electron chi connectivity index (χ0n) is 15.1. The van der Waals surface area contributed by atoms with Crippen molar-refractivity contribution in [3.63, 3.8) is 0 Å². The molecule has 0 aromatic heterocycles. The van der Waals surface area contributed by atoms with Crippen molar-refractivity contribution in [2.24, 2.45) is 0 Å². The predicted molar refractivity (Wildman–Crippen MR) is 101 cm³/mol. The summed E-state index contributed by atoms with van der Waals surface area (Å²) in [6, 6.07) is 15.8. The average Bonchev–Trinajstić information content (AvgIpc) is 2.67. The molecule has 3 rings (SSSR count). The predicted octanol–water partition coefficient (Wildman–Crippen LogP) is 3.98. The van der Waals surface area contributed by atoms with Crippen molar-refractivity contribution in [3.05, 3.63) is 59.9 Å². The van der Waals surface area contributed by atoms with Crippen LogP contribution < -0.4 is 9.64 Å². The Kier molecular flexibility index (Phi) is 5.92. The van der Waals surface area contributed by atoms with Crippen molar-refractivity contribution in [3.8, 4) is 5.75 Å². The van der Waals surface area contributed by atoms with E-state index in [-0.39, 0.29) is 5.82 Å². The van der Waals surface area contributed by atoms with E-state index in [0.717, 1.165) is 50.5 Å². The number of hydrogen-bond acceptors (Lipinski definition) is 3. The Morgan fingerprint density at radius 1 is 0.960 bits per heavy atom. The van der Waals surface area contributed by atoms with Crippen molar-refractivity contribution < 1.29 is 9.13 Å². The fourth-order valence-corrected chi connectivity index (χ4v) is 3.42. The van der Waals surface area contributed by atoms with Crippen LogP contribution in [-0.2, 0) is 6.42 Å². The molecule has 3 nitrogen and oxygen atoms in total. The van der Waals surface area contributed by atoms with Crippen LogP contribution in [0.15, 0.2) is 48.5 Å². The lowest BCUT2D eigenvalue weighted by Gasteiger charge is -2.39. The zero-order valence-corrected chi connectivity index (χ0v) is 15.1. The van der Waals surface area contributed by atoms with Crippen LogP contribution >= 0.6 is 0 Å². The molecule has 25 heavy (non-hydrogen) atoms. The largest absolute Gasteiger partial charge is 0.497 e. The molecule has 0 aliphatic carbocycles. The molecule has 0 bridgehead atoms. The number of piperazine rings is 1. The van der Waals surface area contributed by atoms with Gasteiger partial charge in [-0.15, -0.1) is 0 Å². The molecule has 4 heteroatoms. The minimum Gasteiger partial charge on any atom is -0.497 e.